The number of rotatable bonds is 10. The van der Waals surface area contributed by atoms with Gasteiger partial charge in [0.05, 0.1) is 31.5 Å². The number of hydrogen-bond acceptors (Lipinski definition) is 4. The maximum atomic E-state index is 5.95. The minimum absolute atomic E-state index is 0.547. The van der Waals surface area contributed by atoms with Crippen molar-refractivity contribution in [1.29, 1.82) is 0 Å². The van der Waals surface area contributed by atoms with E-state index in [0.717, 1.165) is 6.42 Å². The summed E-state index contributed by atoms with van der Waals surface area (Å²) in [6.45, 7) is 3.54. The Morgan fingerprint density at radius 2 is 1.67 bits per heavy atom. The van der Waals surface area contributed by atoms with E-state index >= 15 is 0 Å². The number of halogens is 1. The van der Waals surface area contributed by atoms with Gasteiger partial charge in [0.25, 0.3) is 0 Å². The normalized spacial score (nSPS) is 10.6. The number of para-hydroxylation sites is 1. The Bertz CT molecular complexity index is 323. The molecule has 0 atom stereocenters. The Kier molecular flexibility index (Phi) is 8.59. The minimum atomic E-state index is 0.547. The first-order valence-corrected chi connectivity index (χ1v) is 6.45. The standard InChI is InChI=1S/C13H20ClNO3/c14-12-4-1-2-5-13(12)18-8-3-7-16-10-11-17-9-6-15/h1-2,4-5H,3,6-11,15H2. The molecule has 0 fully saturated rings. The van der Waals surface area contributed by atoms with Gasteiger partial charge in [0.1, 0.15) is 5.75 Å². The Labute approximate surface area is 113 Å². The molecule has 1 rings (SSSR count). The predicted octanol–water partition coefficient (Wildman–Crippen LogP) is 2.10. The van der Waals surface area contributed by atoms with Gasteiger partial charge in [-0.05, 0) is 12.1 Å². The van der Waals surface area contributed by atoms with Gasteiger partial charge < -0.3 is 19.9 Å². The van der Waals surface area contributed by atoms with Gasteiger partial charge in [0, 0.05) is 19.6 Å². The third-order valence-electron chi connectivity index (χ3n) is 2.16. The van der Waals surface area contributed by atoms with E-state index in [1.807, 2.05) is 24.3 Å². The van der Waals surface area contributed by atoms with Crippen LogP contribution in [0.15, 0.2) is 24.3 Å². The van der Waals surface area contributed by atoms with E-state index in [0.29, 0.717) is 50.4 Å². The van der Waals surface area contributed by atoms with E-state index in [1.54, 1.807) is 0 Å². The number of hydrogen-bond donors (Lipinski definition) is 1. The molecule has 1 aromatic carbocycles. The van der Waals surface area contributed by atoms with Crippen molar-refractivity contribution in [3.05, 3.63) is 29.3 Å². The average molecular weight is 274 g/mol. The summed E-state index contributed by atoms with van der Waals surface area (Å²) in [5.41, 5.74) is 5.28. The van der Waals surface area contributed by atoms with E-state index in [1.165, 1.54) is 0 Å². The summed E-state index contributed by atoms with van der Waals surface area (Å²) in [6, 6.07) is 7.43. The fourth-order valence-corrected chi connectivity index (χ4v) is 1.50. The van der Waals surface area contributed by atoms with E-state index in [9.17, 15) is 0 Å². The Balaban J connectivity index is 1.94. The second-order valence-electron chi connectivity index (χ2n) is 3.65. The summed E-state index contributed by atoms with van der Waals surface area (Å²) in [5, 5.41) is 0.633. The quantitative estimate of drug-likeness (QED) is 0.664. The molecule has 2 N–H and O–H groups in total. The molecule has 0 saturated heterocycles. The lowest BCUT2D eigenvalue weighted by Crippen LogP contribution is -2.12. The van der Waals surface area contributed by atoms with E-state index in [4.69, 9.17) is 31.5 Å². The van der Waals surface area contributed by atoms with Gasteiger partial charge in [-0.25, -0.2) is 0 Å². The molecular weight excluding hydrogens is 254 g/mol. The topological polar surface area (TPSA) is 53.7 Å². The smallest absolute Gasteiger partial charge is 0.137 e. The summed E-state index contributed by atoms with van der Waals surface area (Å²) in [4.78, 5) is 0. The number of benzene rings is 1. The second-order valence-corrected chi connectivity index (χ2v) is 4.05. The molecule has 4 nitrogen and oxygen atoms in total. The van der Waals surface area contributed by atoms with E-state index < -0.39 is 0 Å². The first kappa shape index (κ1) is 15.2. The van der Waals surface area contributed by atoms with Gasteiger partial charge in [-0.1, -0.05) is 23.7 Å². The molecule has 0 aliphatic carbocycles. The van der Waals surface area contributed by atoms with Crippen molar-refractivity contribution in [2.75, 3.05) is 39.6 Å². The summed E-state index contributed by atoms with van der Waals surface area (Å²) in [5.74, 6) is 0.713. The van der Waals surface area contributed by atoms with Crippen LogP contribution in [0.5, 0.6) is 5.75 Å². The molecule has 102 valence electrons. The molecule has 0 aromatic heterocycles. The van der Waals surface area contributed by atoms with Crippen molar-refractivity contribution in [3.63, 3.8) is 0 Å². The van der Waals surface area contributed by atoms with Crippen LogP contribution in [0.4, 0.5) is 0 Å². The minimum Gasteiger partial charge on any atom is -0.492 e. The molecular formula is C13H20ClNO3. The highest BCUT2D eigenvalue weighted by Crippen LogP contribution is 2.22. The van der Waals surface area contributed by atoms with Crippen LogP contribution in [0.25, 0.3) is 0 Å². The molecule has 0 aliphatic rings. The molecule has 0 radical (unpaired) electrons. The maximum Gasteiger partial charge on any atom is 0.137 e. The van der Waals surface area contributed by atoms with Crippen molar-refractivity contribution in [2.24, 2.45) is 5.73 Å². The van der Waals surface area contributed by atoms with Crippen LogP contribution in [-0.4, -0.2) is 39.6 Å². The molecule has 0 spiro atoms. The summed E-state index contributed by atoms with van der Waals surface area (Å²) in [7, 11) is 0. The first-order chi connectivity index (χ1) is 8.84. The molecule has 0 amide bonds. The lowest BCUT2D eigenvalue weighted by molar-refractivity contribution is 0.0463. The van der Waals surface area contributed by atoms with Crippen LogP contribution in [0.3, 0.4) is 0 Å². The molecule has 0 bridgehead atoms. The lowest BCUT2D eigenvalue weighted by atomic mass is 10.3. The highest BCUT2D eigenvalue weighted by molar-refractivity contribution is 6.32. The van der Waals surface area contributed by atoms with Crippen LogP contribution < -0.4 is 10.5 Å². The molecule has 0 unspecified atom stereocenters. The monoisotopic (exact) mass is 273 g/mol. The van der Waals surface area contributed by atoms with Crippen molar-refractivity contribution in [1.82, 2.24) is 0 Å². The van der Waals surface area contributed by atoms with Crippen LogP contribution in [0.1, 0.15) is 6.42 Å². The third-order valence-corrected chi connectivity index (χ3v) is 2.47. The van der Waals surface area contributed by atoms with Gasteiger partial charge >= 0.3 is 0 Å². The van der Waals surface area contributed by atoms with Crippen LogP contribution >= 0.6 is 11.6 Å². The van der Waals surface area contributed by atoms with Crippen molar-refractivity contribution >= 4 is 11.6 Å². The van der Waals surface area contributed by atoms with Crippen molar-refractivity contribution in [2.45, 2.75) is 6.42 Å². The predicted molar refractivity (Wildman–Crippen MR) is 72.3 cm³/mol. The SMILES string of the molecule is NCCOCCOCCCOc1ccccc1Cl. The second kappa shape index (κ2) is 10.1. The highest BCUT2D eigenvalue weighted by atomic mass is 35.5. The molecule has 0 heterocycles. The maximum absolute atomic E-state index is 5.95. The average Bonchev–Trinajstić information content (AvgIpc) is 2.39. The van der Waals surface area contributed by atoms with Crippen LogP contribution in [0, 0.1) is 0 Å². The number of ether oxygens (including phenoxy) is 3. The molecule has 1 aromatic rings. The first-order valence-electron chi connectivity index (χ1n) is 6.07. The Morgan fingerprint density at radius 3 is 2.39 bits per heavy atom. The van der Waals surface area contributed by atoms with E-state index in [-0.39, 0.29) is 0 Å². The van der Waals surface area contributed by atoms with Crippen LogP contribution in [-0.2, 0) is 9.47 Å². The zero-order valence-electron chi connectivity index (χ0n) is 10.4. The van der Waals surface area contributed by atoms with Gasteiger partial charge in [-0.2, -0.15) is 0 Å². The largest absolute Gasteiger partial charge is 0.492 e. The summed E-state index contributed by atoms with van der Waals surface area (Å²) < 4.78 is 16.1. The zero-order chi connectivity index (χ0) is 13.1. The van der Waals surface area contributed by atoms with Gasteiger partial charge in [-0.15, -0.1) is 0 Å². The zero-order valence-corrected chi connectivity index (χ0v) is 11.2. The molecule has 0 saturated carbocycles. The molecule has 0 aliphatic heterocycles. The molecule has 5 heteroatoms. The Hall–Kier alpha value is -0.810. The van der Waals surface area contributed by atoms with Crippen molar-refractivity contribution in [3.8, 4) is 5.75 Å². The Morgan fingerprint density at radius 1 is 0.944 bits per heavy atom. The highest BCUT2D eigenvalue weighted by Gasteiger charge is 1.98. The lowest BCUT2D eigenvalue weighted by Gasteiger charge is -2.08. The van der Waals surface area contributed by atoms with Crippen LogP contribution in [0.2, 0.25) is 5.02 Å². The summed E-state index contributed by atoms with van der Waals surface area (Å²) in [6.07, 6.45) is 0.822. The number of nitrogens with two attached hydrogens (primary N) is 1. The fraction of sp³-hybridized carbons (Fsp3) is 0.538. The van der Waals surface area contributed by atoms with E-state index in [2.05, 4.69) is 0 Å². The summed E-state index contributed by atoms with van der Waals surface area (Å²) >= 11 is 5.95. The van der Waals surface area contributed by atoms with Gasteiger partial charge in [0.15, 0.2) is 0 Å². The third kappa shape index (κ3) is 6.81. The fourth-order valence-electron chi connectivity index (χ4n) is 1.31. The van der Waals surface area contributed by atoms with Gasteiger partial charge in [-0.3, -0.25) is 0 Å². The van der Waals surface area contributed by atoms with Crippen molar-refractivity contribution < 1.29 is 14.2 Å². The van der Waals surface area contributed by atoms with Gasteiger partial charge in [0.2, 0.25) is 0 Å². The molecule has 18 heavy (non-hydrogen) atoms.